The van der Waals surface area contributed by atoms with Crippen molar-refractivity contribution in [1.82, 2.24) is 0 Å². The Kier molecular flexibility index (Phi) is 10.2. The largest absolute Gasteiger partial charge is 0.465 e. The summed E-state index contributed by atoms with van der Waals surface area (Å²) in [6, 6.07) is 0. The number of hydrogen-bond donors (Lipinski definition) is 1. The van der Waals surface area contributed by atoms with E-state index in [0.717, 1.165) is 51.4 Å². The van der Waals surface area contributed by atoms with Crippen molar-refractivity contribution >= 4 is 35.6 Å². The van der Waals surface area contributed by atoms with Gasteiger partial charge in [-0.05, 0) is 175 Å². The molecule has 11 nitrogen and oxygen atoms in total. The summed E-state index contributed by atoms with van der Waals surface area (Å²) >= 11 is 0. The summed E-state index contributed by atoms with van der Waals surface area (Å²) in [5.74, 6) is -1.78. The summed E-state index contributed by atoms with van der Waals surface area (Å²) in [6.07, 6.45) is 10.0. The summed E-state index contributed by atoms with van der Waals surface area (Å²) in [6.45, 7) is 24.9. The second kappa shape index (κ2) is 14.4. The zero-order chi connectivity index (χ0) is 47.9. The fraction of sp³-hybridized carbons (Fsp3) is 0.891. The number of carbonyl (C=O) groups excluding carboxylic acids is 6. The molecule has 366 valence electrons. The standard InChI is InChI=1S/C55H80O11/c1-28-35-16-36(37-24-63-43(58)38(35)37)39(28)47(3,4)25-51(11,45(60)65-50(9,10)53-17-31-13-32(18-53)20-54(62,19-31)27-53)48(5,6)26-52(12,49(7,8)40-29(2)42(57)64-44(40)59)46(61)66-55-21-30-14-33(22-55)41(56)34(15-30)23-55/h28-40,62H,13-27H2,1-12H3. The van der Waals surface area contributed by atoms with E-state index in [1.807, 2.05) is 27.7 Å². The van der Waals surface area contributed by atoms with Crippen LogP contribution in [0.15, 0.2) is 0 Å². The Morgan fingerprint density at radius 1 is 0.682 bits per heavy atom. The summed E-state index contributed by atoms with van der Waals surface area (Å²) in [5.41, 5.74) is -8.12. The van der Waals surface area contributed by atoms with Gasteiger partial charge in [-0.2, -0.15) is 0 Å². The maximum Gasteiger partial charge on any atom is 0.318 e. The highest BCUT2D eigenvalue weighted by molar-refractivity contribution is 5.97. The van der Waals surface area contributed by atoms with E-state index in [1.54, 1.807) is 6.92 Å². The number of hydrogen-bond acceptors (Lipinski definition) is 11. The van der Waals surface area contributed by atoms with Crippen molar-refractivity contribution in [3.63, 3.8) is 0 Å². The molecule has 10 aliphatic carbocycles. The van der Waals surface area contributed by atoms with Gasteiger partial charge in [-0.25, -0.2) is 0 Å². The van der Waals surface area contributed by atoms with Crippen molar-refractivity contribution in [3.8, 4) is 0 Å². The first-order chi connectivity index (χ1) is 30.4. The quantitative estimate of drug-likeness (QED) is 0.107. The maximum absolute atomic E-state index is 16.1. The first kappa shape index (κ1) is 46.9. The summed E-state index contributed by atoms with van der Waals surface area (Å²) < 4.78 is 25.0. The Morgan fingerprint density at radius 3 is 1.88 bits per heavy atom. The van der Waals surface area contributed by atoms with Crippen LogP contribution in [0.4, 0.5) is 0 Å². The van der Waals surface area contributed by atoms with Crippen molar-refractivity contribution in [1.29, 1.82) is 0 Å². The molecule has 12 fully saturated rings. The van der Waals surface area contributed by atoms with E-state index in [0.29, 0.717) is 56.5 Å². The van der Waals surface area contributed by atoms with Crippen LogP contribution < -0.4 is 0 Å². The number of carbonyl (C=O) groups is 6. The average molecular weight is 917 g/mol. The molecule has 0 amide bonds. The zero-order valence-corrected chi connectivity index (χ0v) is 42.1. The molecule has 14 atom stereocenters. The fourth-order valence-corrected chi connectivity index (χ4v) is 19.6. The molecule has 12 aliphatic rings. The molecular weight excluding hydrogens is 837 g/mol. The third-order valence-corrected chi connectivity index (χ3v) is 22.7. The number of fused-ring (bicyclic) bond motifs is 5. The van der Waals surface area contributed by atoms with E-state index in [-0.39, 0.29) is 76.9 Å². The Bertz CT molecular complexity index is 2100. The molecule has 10 bridgehead atoms. The van der Waals surface area contributed by atoms with Crippen LogP contribution in [0, 0.1) is 109 Å². The first-order valence-electron chi connectivity index (χ1n) is 26.1. The van der Waals surface area contributed by atoms with Gasteiger partial charge in [0, 0.05) is 23.2 Å². The molecule has 0 aromatic heterocycles. The van der Waals surface area contributed by atoms with Crippen molar-refractivity contribution in [2.75, 3.05) is 6.61 Å². The van der Waals surface area contributed by atoms with Gasteiger partial charge in [-0.3, -0.25) is 28.8 Å². The molecule has 66 heavy (non-hydrogen) atoms. The third-order valence-electron chi connectivity index (χ3n) is 22.7. The van der Waals surface area contributed by atoms with Crippen LogP contribution in [0.5, 0.6) is 0 Å². The van der Waals surface area contributed by atoms with Crippen molar-refractivity contribution in [2.24, 2.45) is 109 Å². The van der Waals surface area contributed by atoms with E-state index in [1.165, 1.54) is 0 Å². The van der Waals surface area contributed by atoms with E-state index < -0.39 is 73.6 Å². The van der Waals surface area contributed by atoms with Crippen LogP contribution >= 0.6 is 0 Å². The molecular formula is C55H80O11. The van der Waals surface area contributed by atoms with Gasteiger partial charge in [-0.1, -0.05) is 55.4 Å². The highest BCUT2D eigenvalue weighted by Crippen LogP contribution is 2.70. The molecule has 12 rings (SSSR count). The Balaban J connectivity index is 1.04. The molecule has 11 heteroatoms. The van der Waals surface area contributed by atoms with Gasteiger partial charge in [0.15, 0.2) is 0 Å². The molecule has 10 saturated carbocycles. The summed E-state index contributed by atoms with van der Waals surface area (Å²) in [7, 11) is 0. The third kappa shape index (κ3) is 6.53. The highest BCUT2D eigenvalue weighted by Gasteiger charge is 2.70. The Labute approximate surface area is 393 Å². The van der Waals surface area contributed by atoms with Crippen LogP contribution in [0.25, 0.3) is 0 Å². The van der Waals surface area contributed by atoms with Crippen molar-refractivity contribution < 1.29 is 52.8 Å². The van der Waals surface area contributed by atoms with E-state index in [4.69, 9.17) is 18.9 Å². The number of cyclic esters (lactones) is 3. The Hall–Kier alpha value is -2.82. The number of Topliss-reactive ketones (excluding diaryl/α,β-unsaturated/α-hetero) is 1. The minimum Gasteiger partial charge on any atom is -0.465 e. The monoisotopic (exact) mass is 917 g/mol. The van der Waals surface area contributed by atoms with Crippen LogP contribution in [0.1, 0.15) is 173 Å². The lowest BCUT2D eigenvalue weighted by atomic mass is 9.44. The normalized spacial score (nSPS) is 45.1. The van der Waals surface area contributed by atoms with Crippen molar-refractivity contribution in [3.05, 3.63) is 0 Å². The molecule has 0 spiro atoms. The molecule has 2 aliphatic heterocycles. The van der Waals surface area contributed by atoms with E-state index in [2.05, 4.69) is 48.5 Å². The first-order valence-corrected chi connectivity index (χ1v) is 26.1. The number of aliphatic hydroxyl groups is 1. The average Bonchev–Trinajstić information content (AvgIpc) is 3.91. The van der Waals surface area contributed by atoms with Crippen molar-refractivity contribution in [2.45, 2.75) is 190 Å². The summed E-state index contributed by atoms with van der Waals surface area (Å²) in [4.78, 5) is 85.2. The van der Waals surface area contributed by atoms with Crippen LogP contribution in [0.2, 0.25) is 0 Å². The topological polar surface area (TPSA) is 160 Å². The van der Waals surface area contributed by atoms with Gasteiger partial charge in [0.1, 0.15) is 17.0 Å². The van der Waals surface area contributed by atoms with Gasteiger partial charge in [-0.15, -0.1) is 0 Å². The van der Waals surface area contributed by atoms with E-state index >= 15 is 9.59 Å². The minimum atomic E-state index is -1.44. The van der Waals surface area contributed by atoms with Crippen LogP contribution in [-0.2, 0) is 47.7 Å². The van der Waals surface area contributed by atoms with Gasteiger partial charge in [0.05, 0.1) is 40.8 Å². The second-order valence-electron chi connectivity index (χ2n) is 28.1. The molecule has 14 unspecified atom stereocenters. The number of esters is 5. The number of ketones is 1. The maximum atomic E-state index is 16.1. The number of rotatable bonds is 13. The van der Waals surface area contributed by atoms with Gasteiger partial charge >= 0.3 is 29.8 Å². The highest BCUT2D eigenvalue weighted by atomic mass is 16.6. The molecule has 0 radical (unpaired) electrons. The van der Waals surface area contributed by atoms with E-state index in [9.17, 15) is 24.3 Å². The van der Waals surface area contributed by atoms with Gasteiger partial charge in [0.25, 0.3) is 0 Å². The lowest BCUT2D eigenvalue weighted by molar-refractivity contribution is -0.241. The Morgan fingerprint density at radius 2 is 1.30 bits per heavy atom. The minimum absolute atomic E-state index is 0.0710. The van der Waals surface area contributed by atoms with Crippen LogP contribution in [0.3, 0.4) is 0 Å². The molecule has 2 saturated heterocycles. The van der Waals surface area contributed by atoms with Gasteiger partial charge in [0.2, 0.25) is 0 Å². The predicted molar refractivity (Wildman–Crippen MR) is 242 cm³/mol. The lowest BCUT2D eigenvalue weighted by Gasteiger charge is -2.64. The molecule has 0 aromatic carbocycles. The SMILES string of the molecule is CC1C(=O)OC(=O)C1C(C)(C)C(C)(CC(C)(C)C(C)(CC(C)(C)C1C(C)C2CC1C1COC(=O)C21)C(=O)OC(C)(C)C12CC3CC(CC(O)(C3)C1)C2)C(=O)OC12CC3CC(C1)C(=O)C(C3)C2. The molecule has 0 aromatic rings. The lowest BCUT2D eigenvalue weighted by Crippen LogP contribution is -2.64. The predicted octanol–water partition coefficient (Wildman–Crippen LogP) is 9.23. The smallest absolute Gasteiger partial charge is 0.318 e. The molecule has 2 heterocycles. The second-order valence-corrected chi connectivity index (χ2v) is 28.1. The summed E-state index contributed by atoms with van der Waals surface area (Å²) in [5, 5.41) is 11.9. The number of ether oxygens (including phenoxy) is 4. The molecule has 1 N–H and O–H groups in total. The van der Waals surface area contributed by atoms with Gasteiger partial charge < -0.3 is 24.1 Å². The zero-order valence-electron chi connectivity index (χ0n) is 42.1. The fourth-order valence-electron chi connectivity index (χ4n) is 19.6. The van der Waals surface area contributed by atoms with Crippen LogP contribution in [-0.4, -0.2) is 64.1 Å².